The van der Waals surface area contributed by atoms with E-state index in [-0.39, 0.29) is 47.8 Å². The van der Waals surface area contributed by atoms with Gasteiger partial charge in [0.25, 0.3) is 5.91 Å². The summed E-state index contributed by atoms with van der Waals surface area (Å²) in [6, 6.07) is 7.16. The number of carbonyl (C=O) groups is 2. The normalized spacial score (nSPS) is 24.2. The number of hydrogen-bond acceptors (Lipinski definition) is 4. The van der Waals surface area contributed by atoms with Crippen molar-refractivity contribution < 1.29 is 19.1 Å². The van der Waals surface area contributed by atoms with Crippen molar-refractivity contribution in [1.29, 1.82) is 0 Å². The van der Waals surface area contributed by atoms with Crippen LogP contribution in [0.2, 0.25) is 5.02 Å². The van der Waals surface area contributed by atoms with E-state index in [1.807, 2.05) is 26.0 Å². The second kappa shape index (κ2) is 11.6. The summed E-state index contributed by atoms with van der Waals surface area (Å²) in [5.41, 5.74) is 0.974. The van der Waals surface area contributed by atoms with E-state index in [1.54, 1.807) is 23.1 Å². The van der Waals surface area contributed by atoms with E-state index in [9.17, 15) is 9.59 Å². The van der Waals surface area contributed by atoms with Gasteiger partial charge >= 0.3 is 0 Å². The highest BCUT2D eigenvalue weighted by atomic mass is 35.5. The van der Waals surface area contributed by atoms with E-state index in [1.165, 1.54) is 0 Å². The molecule has 3 unspecified atom stereocenters. The first kappa shape index (κ1) is 26.6. The van der Waals surface area contributed by atoms with Gasteiger partial charge in [-0.3, -0.25) is 9.59 Å². The Morgan fingerprint density at radius 1 is 1.26 bits per heavy atom. The summed E-state index contributed by atoms with van der Waals surface area (Å²) in [7, 11) is 0. The van der Waals surface area contributed by atoms with Crippen molar-refractivity contribution in [2.75, 3.05) is 19.7 Å². The van der Waals surface area contributed by atoms with Crippen LogP contribution >= 0.6 is 11.6 Å². The van der Waals surface area contributed by atoms with E-state index in [0.717, 1.165) is 31.2 Å². The van der Waals surface area contributed by atoms with E-state index in [4.69, 9.17) is 21.1 Å². The molecule has 1 saturated carbocycles. The van der Waals surface area contributed by atoms with Gasteiger partial charge in [0.15, 0.2) is 5.76 Å². The van der Waals surface area contributed by atoms with Gasteiger partial charge in [-0.1, -0.05) is 44.5 Å². The largest absolute Gasteiger partial charge is 0.482 e. The van der Waals surface area contributed by atoms with Crippen LogP contribution in [0.25, 0.3) is 6.08 Å². The number of fused-ring (bicyclic) bond motifs is 1. The van der Waals surface area contributed by atoms with Gasteiger partial charge in [0.1, 0.15) is 12.6 Å². The lowest BCUT2D eigenvalue weighted by Crippen LogP contribution is -2.58. The number of carbonyl (C=O) groups excluding carboxylic acids is 2. The van der Waals surface area contributed by atoms with Crippen LogP contribution in [0, 0.1) is 11.3 Å². The third-order valence-electron chi connectivity index (χ3n) is 6.71. The summed E-state index contributed by atoms with van der Waals surface area (Å²) in [4.78, 5) is 28.0. The zero-order chi connectivity index (χ0) is 24.9. The zero-order valence-corrected chi connectivity index (χ0v) is 21.9. The van der Waals surface area contributed by atoms with E-state index >= 15 is 0 Å². The average molecular weight is 491 g/mol. The number of rotatable bonds is 8. The van der Waals surface area contributed by atoms with E-state index in [2.05, 4.69) is 26.1 Å². The van der Waals surface area contributed by atoms with Gasteiger partial charge in [0, 0.05) is 18.2 Å². The molecule has 2 fully saturated rings. The van der Waals surface area contributed by atoms with Gasteiger partial charge < -0.3 is 19.7 Å². The first-order valence-corrected chi connectivity index (χ1v) is 12.8. The number of halogens is 1. The monoisotopic (exact) mass is 490 g/mol. The molecule has 1 saturated heterocycles. The van der Waals surface area contributed by atoms with Crippen molar-refractivity contribution in [3.05, 3.63) is 40.6 Å². The topological polar surface area (TPSA) is 67.9 Å². The maximum absolute atomic E-state index is 13.5. The molecular weight excluding hydrogens is 452 g/mol. The Morgan fingerprint density at radius 2 is 1.97 bits per heavy atom. The highest BCUT2D eigenvalue weighted by molar-refractivity contribution is 6.30. The molecule has 7 heteroatoms. The molecule has 3 rings (SSSR count). The predicted octanol–water partition coefficient (Wildman–Crippen LogP) is 5.05. The molecule has 2 amide bonds. The Balaban J connectivity index is 1.74. The van der Waals surface area contributed by atoms with E-state index in [0.29, 0.717) is 24.1 Å². The summed E-state index contributed by atoms with van der Waals surface area (Å²) < 4.78 is 11.8. The number of ether oxygens (including phenoxy) is 2. The lowest BCUT2D eigenvalue weighted by molar-refractivity contribution is -0.154. The van der Waals surface area contributed by atoms with Crippen LogP contribution in [0.1, 0.15) is 65.9 Å². The highest BCUT2D eigenvalue weighted by Crippen LogP contribution is 2.42. The zero-order valence-electron chi connectivity index (χ0n) is 21.1. The Hall–Kier alpha value is -2.05. The van der Waals surface area contributed by atoms with Crippen molar-refractivity contribution in [3.8, 4) is 0 Å². The van der Waals surface area contributed by atoms with Gasteiger partial charge in [0.2, 0.25) is 5.91 Å². The van der Waals surface area contributed by atoms with Crippen LogP contribution in [-0.4, -0.2) is 54.7 Å². The number of nitrogens with one attached hydrogen (secondary N) is 1. The summed E-state index contributed by atoms with van der Waals surface area (Å²) in [5.74, 6) is 0.368. The summed E-state index contributed by atoms with van der Waals surface area (Å²) >= 11 is 6.00. The van der Waals surface area contributed by atoms with Gasteiger partial charge in [-0.25, -0.2) is 0 Å². The SMILES string of the molecule is CC(C)OCCCNC(=O)CN1C(=O)/C(=C\c2ccc(Cl)cc2)OC2CCC(C(C)(C)C)CC21. The number of benzene rings is 1. The van der Waals surface area contributed by atoms with Gasteiger partial charge in [-0.15, -0.1) is 0 Å². The molecule has 1 heterocycles. The highest BCUT2D eigenvalue weighted by Gasteiger charge is 2.46. The Bertz CT molecular complexity index is 876. The summed E-state index contributed by atoms with van der Waals surface area (Å²) in [5, 5.41) is 3.58. The van der Waals surface area contributed by atoms with Gasteiger partial charge in [-0.05, 0) is 74.6 Å². The van der Waals surface area contributed by atoms with Crippen molar-refractivity contribution in [3.63, 3.8) is 0 Å². The molecule has 1 N–H and O–H groups in total. The van der Waals surface area contributed by atoms with Crippen LogP contribution < -0.4 is 5.32 Å². The second-order valence-electron chi connectivity index (χ2n) is 10.7. The second-order valence-corrected chi connectivity index (χ2v) is 11.2. The Morgan fingerprint density at radius 3 is 2.62 bits per heavy atom. The summed E-state index contributed by atoms with van der Waals surface area (Å²) in [6.07, 6.45) is 5.29. The van der Waals surface area contributed by atoms with Gasteiger partial charge in [0.05, 0.1) is 12.1 Å². The quantitative estimate of drug-likeness (QED) is 0.408. The fourth-order valence-electron chi connectivity index (χ4n) is 4.70. The number of morpholine rings is 1. The number of nitrogens with zero attached hydrogens (tertiary/aromatic N) is 1. The standard InChI is InChI=1S/C27H39ClN2O4/c1-18(2)33-14-6-13-29-25(31)17-30-22-16-20(27(3,4)5)9-12-23(22)34-24(26(30)32)15-19-7-10-21(28)11-8-19/h7-8,10-11,15,18,20,22-23H,6,9,12-14,16-17H2,1-5H3,(H,29,31)/b24-15+. The van der Waals surface area contributed by atoms with E-state index < -0.39 is 0 Å². The molecule has 1 aromatic rings. The third-order valence-corrected chi connectivity index (χ3v) is 6.96. The fraction of sp³-hybridized carbons (Fsp3) is 0.630. The molecule has 34 heavy (non-hydrogen) atoms. The van der Waals surface area contributed by atoms with Crippen molar-refractivity contribution in [2.24, 2.45) is 11.3 Å². The number of hydrogen-bond donors (Lipinski definition) is 1. The van der Waals surface area contributed by atoms with Crippen LogP contribution in [0.3, 0.4) is 0 Å². The van der Waals surface area contributed by atoms with Crippen LogP contribution in [-0.2, 0) is 19.1 Å². The summed E-state index contributed by atoms with van der Waals surface area (Å²) in [6.45, 7) is 11.9. The average Bonchev–Trinajstić information content (AvgIpc) is 2.76. The molecule has 3 atom stereocenters. The first-order chi connectivity index (χ1) is 16.0. The maximum Gasteiger partial charge on any atom is 0.289 e. The van der Waals surface area contributed by atoms with Crippen molar-refractivity contribution in [1.82, 2.24) is 10.2 Å². The smallest absolute Gasteiger partial charge is 0.289 e. The first-order valence-electron chi connectivity index (χ1n) is 12.4. The lowest BCUT2D eigenvalue weighted by Gasteiger charge is -2.48. The molecule has 188 valence electrons. The molecule has 0 aromatic heterocycles. The molecule has 6 nitrogen and oxygen atoms in total. The minimum Gasteiger partial charge on any atom is -0.482 e. The van der Waals surface area contributed by atoms with Gasteiger partial charge in [-0.2, -0.15) is 0 Å². The Labute approximate surface area is 209 Å². The van der Waals surface area contributed by atoms with Crippen molar-refractivity contribution in [2.45, 2.75) is 78.6 Å². The predicted molar refractivity (Wildman–Crippen MR) is 135 cm³/mol. The molecule has 0 bridgehead atoms. The minimum atomic E-state index is -0.232. The molecular formula is C27H39ClN2O4. The molecule has 2 aliphatic rings. The van der Waals surface area contributed by atoms with Crippen LogP contribution in [0.5, 0.6) is 0 Å². The molecule has 1 aromatic carbocycles. The lowest BCUT2D eigenvalue weighted by atomic mass is 9.69. The van der Waals surface area contributed by atoms with Crippen LogP contribution in [0.15, 0.2) is 30.0 Å². The van der Waals surface area contributed by atoms with Crippen LogP contribution in [0.4, 0.5) is 0 Å². The number of amides is 2. The molecule has 1 aliphatic heterocycles. The molecule has 0 radical (unpaired) electrons. The van der Waals surface area contributed by atoms with Crippen molar-refractivity contribution >= 4 is 29.5 Å². The third kappa shape index (κ3) is 7.22. The molecule has 1 aliphatic carbocycles. The fourth-order valence-corrected chi connectivity index (χ4v) is 4.83. The Kier molecular flexibility index (Phi) is 9.05. The minimum absolute atomic E-state index is 0.0310. The maximum atomic E-state index is 13.5. The molecule has 0 spiro atoms.